The number of hydrogen-bond acceptors (Lipinski definition) is 4. The molecule has 1 aromatic carbocycles. The summed E-state index contributed by atoms with van der Waals surface area (Å²) < 4.78 is 0. The minimum atomic E-state index is 0.0626. The van der Waals surface area contributed by atoms with E-state index in [1.54, 1.807) is 18.3 Å². The second-order valence-corrected chi connectivity index (χ2v) is 5.14. The number of carbonyl (C=O) groups excluding carboxylic acids is 1. The maximum Gasteiger partial charge on any atom is 0.166 e. The Hall–Kier alpha value is -2.75. The van der Waals surface area contributed by atoms with Gasteiger partial charge in [-0.05, 0) is 36.8 Å². The highest BCUT2D eigenvalue weighted by molar-refractivity contribution is 6.00. The lowest BCUT2D eigenvalue weighted by atomic mass is 10.1. The summed E-state index contributed by atoms with van der Waals surface area (Å²) in [5.41, 5.74) is 2.66. The van der Waals surface area contributed by atoms with Crippen LogP contribution in [0, 0.1) is 6.92 Å². The van der Waals surface area contributed by atoms with Crippen molar-refractivity contribution in [1.82, 2.24) is 9.97 Å². The predicted octanol–water partition coefficient (Wildman–Crippen LogP) is 4.27. The second kappa shape index (κ2) is 5.93. The van der Waals surface area contributed by atoms with Gasteiger partial charge in [-0.2, -0.15) is 0 Å². The zero-order chi connectivity index (χ0) is 15.5. The van der Waals surface area contributed by atoms with Crippen molar-refractivity contribution >= 4 is 28.3 Å². The summed E-state index contributed by atoms with van der Waals surface area (Å²) >= 11 is 0. The molecular formula is C18H17N3O. The molecule has 3 rings (SSSR count). The Morgan fingerprint density at radius 3 is 2.82 bits per heavy atom. The standard InChI is InChI=1S/C18H17N3O/c1-3-15(22)14-8-5-11-19-18(14)21-16-10-9-13-7-4-6-12(2)17(13)20-16/h4-11H,3H2,1-2H3,(H,19,20,21). The number of fused-ring (bicyclic) bond motifs is 1. The van der Waals surface area contributed by atoms with Gasteiger partial charge >= 0.3 is 0 Å². The first-order valence-corrected chi connectivity index (χ1v) is 7.30. The molecule has 0 aliphatic heterocycles. The van der Waals surface area contributed by atoms with Crippen molar-refractivity contribution in [3.63, 3.8) is 0 Å². The average molecular weight is 291 g/mol. The first kappa shape index (κ1) is 14.2. The highest BCUT2D eigenvalue weighted by Crippen LogP contribution is 2.22. The third kappa shape index (κ3) is 2.68. The number of rotatable bonds is 4. The molecule has 0 amide bonds. The van der Waals surface area contributed by atoms with Crippen LogP contribution in [0.2, 0.25) is 0 Å². The number of nitrogens with one attached hydrogen (secondary N) is 1. The molecule has 2 aromatic heterocycles. The average Bonchev–Trinajstić information content (AvgIpc) is 2.55. The topological polar surface area (TPSA) is 54.9 Å². The fourth-order valence-electron chi connectivity index (χ4n) is 2.41. The van der Waals surface area contributed by atoms with Crippen LogP contribution < -0.4 is 5.32 Å². The summed E-state index contributed by atoms with van der Waals surface area (Å²) in [6, 6.07) is 13.6. The molecular weight excluding hydrogens is 274 g/mol. The van der Waals surface area contributed by atoms with Crippen LogP contribution in [0.4, 0.5) is 11.6 Å². The maximum atomic E-state index is 12.0. The van der Waals surface area contributed by atoms with E-state index in [1.165, 1.54) is 0 Å². The normalized spacial score (nSPS) is 10.6. The Balaban J connectivity index is 2.00. The van der Waals surface area contributed by atoms with Gasteiger partial charge in [0.1, 0.15) is 11.6 Å². The molecule has 22 heavy (non-hydrogen) atoms. The first-order chi connectivity index (χ1) is 10.7. The highest BCUT2D eigenvalue weighted by Gasteiger charge is 2.11. The predicted molar refractivity (Wildman–Crippen MR) is 88.6 cm³/mol. The summed E-state index contributed by atoms with van der Waals surface area (Å²) in [5.74, 6) is 1.30. The Labute approximate surface area is 129 Å². The van der Waals surface area contributed by atoms with Crippen molar-refractivity contribution in [3.8, 4) is 0 Å². The number of aryl methyl sites for hydroxylation is 1. The number of ketones is 1. The van der Waals surface area contributed by atoms with E-state index in [4.69, 9.17) is 0 Å². The van der Waals surface area contributed by atoms with E-state index in [2.05, 4.69) is 15.3 Å². The van der Waals surface area contributed by atoms with E-state index < -0.39 is 0 Å². The van der Waals surface area contributed by atoms with Gasteiger partial charge in [0.15, 0.2) is 5.78 Å². The molecule has 4 nitrogen and oxygen atoms in total. The number of benzene rings is 1. The van der Waals surface area contributed by atoms with Gasteiger partial charge in [0.25, 0.3) is 0 Å². The van der Waals surface area contributed by atoms with Crippen LogP contribution in [0.15, 0.2) is 48.7 Å². The first-order valence-electron chi connectivity index (χ1n) is 7.30. The number of Topliss-reactive ketones (excluding diaryl/α,β-unsaturated/α-hetero) is 1. The molecule has 0 aliphatic rings. The minimum absolute atomic E-state index is 0.0626. The van der Waals surface area contributed by atoms with E-state index in [-0.39, 0.29) is 5.78 Å². The molecule has 1 N–H and O–H groups in total. The summed E-state index contributed by atoms with van der Waals surface area (Å²) in [7, 11) is 0. The smallest absolute Gasteiger partial charge is 0.166 e. The van der Waals surface area contributed by atoms with E-state index in [0.717, 1.165) is 16.5 Å². The molecule has 110 valence electrons. The lowest BCUT2D eigenvalue weighted by molar-refractivity contribution is 0.0988. The quantitative estimate of drug-likeness (QED) is 0.729. The molecule has 2 heterocycles. The minimum Gasteiger partial charge on any atom is -0.324 e. The Morgan fingerprint density at radius 2 is 2.00 bits per heavy atom. The number of nitrogens with zero attached hydrogens (tertiary/aromatic N) is 2. The van der Waals surface area contributed by atoms with Gasteiger partial charge in [-0.1, -0.05) is 25.1 Å². The van der Waals surface area contributed by atoms with Crippen molar-refractivity contribution in [3.05, 3.63) is 59.8 Å². The molecule has 0 fully saturated rings. The van der Waals surface area contributed by atoms with E-state index >= 15 is 0 Å². The molecule has 0 unspecified atom stereocenters. The molecule has 0 spiro atoms. The number of anilines is 2. The summed E-state index contributed by atoms with van der Waals surface area (Å²) in [6.07, 6.45) is 2.12. The van der Waals surface area contributed by atoms with Crippen LogP contribution in [0.3, 0.4) is 0 Å². The molecule has 0 atom stereocenters. The monoisotopic (exact) mass is 291 g/mol. The lowest BCUT2D eigenvalue weighted by Crippen LogP contribution is -2.05. The van der Waals surface area contributed by atoms with Crippen molar-refractivity contribution in [2.45, 2.75) is 20.3 Å². The molecule has 0 bridgehead atoms. The number of hydrogen-bond donors (Lipinski definition) is 1. The van der Waals surface area contributed by atoms with Crippen molar-refractivity contribution in [2.75, 3.05) is 5.32 Å². The zero-order valence-corrected chi connectivity index (χ0v) is 12.6. The Bertz CT molecular complexity index is 843. The van der Waals surface area contributed by atoms with Crippen LogP contribution in [0.5, 0.6) is 0 Å². The Kier molecular flexibility index (Phi) is 3.83. The fourth-order valence-corrected chi connectivity index (χ4v) is 2.41. The SMILES string of the molecule is CCC(=O)c1cccnc1Nc1ccc2cccc(C)c2n1. The summed E-state index contributed by atoms with van der Waals surface area (Å²) in [6.45, 7) is 3.88. The highest BCUT2D eigenvalue weighted by atomic mass is 16.1. The number of para-hydroxylation sites is 1. The molecule has 0 radical (unpaired) electrons. The summed E-state index contributed by atoms with van der Waals surface area (Å²) in [5, 5.41) is 4.26. The van der Waals surface area contributed by atoms with E-state index in [1.807, 2.05) is 44.2 Å². The maximum absolute atomic E-state index is 12.0. The van der Waals surface area contributed by atoms with Gasteiger partial charge < -0.3 is 5.32 Å². The van der Waals surface area contributed by atoms with Crippen LogP contribution in [-0.4, -0.2) is 15.8 Å². The summed E-state index contributed by atoms with van der Waals surface area (Å²) in [4.78, 5) is 20.9. The van der Waals surface area contributed by atoms with Gasteiger partial charge in [0.2, 0.25) is 0 Å². The van der Waals surface area contributed by atoms with Crippen LogP contribution >= 0.6 is 0 Å². The molecule has 0 aliphatic carbocycles. The molecule has 3 aromatic rings. The van der Waals surface area contributed by atoms with Crippen molar-refractivity contribution < 1.29 is 4.79 Å². The third-order valence-electron chi connectivity index (χ3n) is 3.60. The van der Waals surface area contributed by atoms with E-state index in [9.17, 15) is 4.79 Å². The molecule has 4 heteroatoms. The number of carbonyl (C=O) groups is 1. The van der Waals surface area contributed by atoms with Gasteiger partial charge in [0, 0.05) is 18.0 Å². The lowest BCUT2D eigenvalue weighted by Gasteiger charge is -2.10. The van der Waals surface area contributed by atoms with Gasteiger partial charge in [-0.3, -0.25) is 4.79 Å². The number of aromatic nitrogens is 2. The van der Waals surface area contributed by atoms with E-state index in [0.29, 0.717) is 23.6 Å². The fraction of sp³-hybridized carbons (Fsp3) is 0.167. The molecule has 0 saturated heterocycles. The Morgan fingerprint density at radius 1 is 1.14 bits per heavy atom. The van der Waals surface area contributed by atoms with Gasteiger partial charge in [-0.25, -0.2) is 9.97 Å². The van der Waals surface area contributed by atoms with Gasteiger partial charge in [0.05, 0.1) is 11.1 Å². The molecule has 0 saturated carbocycles. The van der Waals surface area contributed by atoms with Crippen molar-refractivity contribution in [2.24, 2.45) is 0 Å². The van der Waals surface area contributed by atoms with Crippen LogP contribution in [0.1, 0.15) is 29.3 Å². The van der Waals surface area contributed by atoms with Crippen LogP contribution in [-0.2, 0) is 0 Å². The third-order valence-corrected chi connectivity index (χ3v) is 3.60. The second-order valence-electron chi connectivity index (χ2n) is 5.14. The largest absolute Gasteiger partial charge is 0.324 e. The van der Waals surface area contributed by atoms with Crippen molar-refractivity contribution in [1.29, 1.82) is 0 Å². The van der Waals surface area contributed by atoms with Crippen LogP contribution in [0.25, 0.3) is 10.9 Å². The number of pyridine rings is 2. The zero-order valence-electron chi connectivity index (χ0n) is 12.6. The van der Waals surface area contributed by atoms with Gasteiger partial charge in [-0.15, -0.1) is 0 Å².